The molecule has 0 aliphatic carbocycles. The monoisotopic (exact) mass is 337 g/mol. The molecule has 124 valence electrons. The maximum Gasteiger partial charge on any atom is 0.461 e. The molecule has 1 heterocycles. The van der Waals surface area contributed by atoms with Crippen LogP contribution in [0.4, 0.5) is 27.6 Å². The molecule has 10 heteroatoms. The number of hydrogen-bond acceptors (Lipinski definition) is 4. The molecule has 1 amide bonds. The summed E-state index contributed by atoms with van der Waals surface area (Å²) in [6.45, 7) is -0.253. The van der Waals surface area contributed by atoms with Crippen molar-refractivity contribution in [2.75, 3.05) is 11.9 Å². The Hall–Kier alpha value is -2.52. The standard InChI is InChI=1S/C13H8F5NO4/c14-12(15,13(16,17)18)10(21)4-8(20)6-1-2-9-7(3-6)19-11(22)5-23-9/h1-3H,4-5H2,(H,19,22). The largest absolute Gasteiger partial charge is 0.482 e. The van der Waals surface area contributed by atoms with Crippen molar-refractivity contribution >= 4 is 23.2 Å². The van der Waals surface area contributed by atoms with Crippen molar-refractivity contribution in [2.24, 2.45) is 0 Å². The van der Waals surface area contributed by atoms with Crippen LogP contribution in [0.15, 0.2) is 18.2 Å². The lowest BCUT2D eigenvalue weighted by Gasteiger charge is -2.19. The molecule has 1 aromatic carbocycles. The minimum atomic E-state index is -6.07. The van der Waals surface area contributed by atoms with E-state index in [4.69, 9.17) is 4.74 Å². The predicted molar refractivity (Wildman–Crippen MR) is 65.5 cm³/mol. The van der Waals surface area contributed by atoms with Gasteiger partial charge in [-0.1, -0.05) is 0 Å². The van der Waals surface area contributed by atoms with Gasteiger partial charge in [0.1, 0.15) is 5.75 Å². The molecular weight excluding hydrogens is 329 g/mol. The molecule has 0 bridgehead atoms. The number of nitrogens with one attached hydrogen (secondary N) is 1. The minimum absolute atomic E-state index is 0.0575. The van der Waals surface area contributed by atoms with Crippen molar-refractivity contribution in [3.8, 4) is 5.75 Å². The van der Waals surface area contributed by atoms with Gasteiger partial charge in [-0.15, -0.1) is 0 Å². The predicted octanol–water partition coefficient (Wildman–Crippen LogP) is 2.36. The summed E-state index contributed by atoms with van der Waals surface area (Å²) in [6.07, 6.45) is -7.69. The number of amides is 1. The van der Waals surface area contributed by atoms with E-state index in [-0.39, 0.29) is 23.6 Å². The Morgan fingerprint density at radius 3 is 2.43 bits per heavy atom. The Labute approximate surface area is 125 Å². The number of alkyl halides is 5. The molecular formula is C13H8F5NO4. The molecule has 23 heavy (non-hydrogen) atoms. The molecule has 5 nitrogen and oxygen atoms in total. The maximum absolute atomic E-state index is 12.8. The molecule has 1 aromatic rings. The van der Waals surface area contributed by atoms with Gasteiger partial charge in [0.25, 0.3) is 5.91 Å². The van der Waals surface area contributed by atoms with E-state index in [2.05, 4.69) is 5.32 Å². The van der Waals surface area contributed by atoms with E-state index in [0.717, 1.165) is 12.1 Å². The zero-order chi connectivity index (χ0) is 17.4. The lowest BCUT2D eigenvalue weighted by Crippen LogP contribution is -2.44. The van der Waals surface area contributed by atoms with Crippen LogP contribution in [0.25, 0.3) is 0 Å². The number of carbonyl (C=O) groups excluding carboxylic acids is 3. The molecule has 1 N–H and O–H groups in total. The van der Waals surface area contributed by atoms with Crippen molar-refractivity contribution in [1.29, 1.82) is 0 Å². The summed E-state index contributed by atoms with van der Waals surface area (Å²) in [6, 6.07) is 3.36. The number of rotatable bonds is 4. The fourth-order valence-electron chi connectivity index (χ4n) is 1.77. The summed E-state index contributed by atoms with van der Waals surface area (Å²) in [4.78, 5) is 33.9. The van der Waals surface area contributed by atoms with Gasteiger partial charge in [0.05, 0.1) is 12.1 Å². The Kier molecular flexibility index (Phi) is 4.10. The van der Waals surface area contributed by atoms with Gasteiger partial charge in [0.2, 0.25) is 5.78 Å². The van der Waals surface area contributed by atoms with Gasteiger partial charge >= 0.3 is 12.1 Å². The topological polar surface area (TPSA) is 72.5 Å². The van der Waals surface area contributed by atoms with Crippen LogP contribution in [0.5, 0.6) is 5.75 Å². The number of anilines is 1. The second-order valence-corrected chi connectivity index (χ2v) is 4.64. The molecule has 0 spiro atoms. The number of carbonyl (C=O) groups is 3. The highest BCUT2D eigenvalue weighted by Crippen LogP contribution is 2.37. The molecule has 0 radical (unpaired) electrons. The number of fused-ring (bicyclic) bond motifs is 1. The van der Waals surface area contributed by atoms with Crippen molar-refractivity contribution < 1.29 is 41.1 Å². The SMILES string of the molecule is O=C1COc2ccc(C(=O)CC(=O)C(F)(F)C(F)(F)F)cc2N1. The van der Waals surface area contributed by atoms with Crippen LogP contribution in [0.3, 0.4) is 0 Å². The van der Waals surface area contributed by atoms with E-state index >= 15 is 0 Å². The molecule has 1 aliphatic heterocycles. The zero-order valence-electron chi connectivity index (χ0n) is 11.2. The maximum atomic E-state index is 12.8. The summed E-state index contributed by atoms with van der Waals surface area (Å²) in [5.74, 6) is -9.71. The van der Waals surface area contributed by atoms with Gasteiger partial charge in [0, 0.05) is 5.56 Å². The fraction of sp³-hybridized carbons (Fsp3) is 0.308. The van der Waals surface area contributed by atoms with Crippen LogP contribution in [-0.4, -0.2) is 36.2 Å². The lowest BCUT2D eigenvalue weighted by molar-refractivity contribution is -0.268. The summed E-state index contributed by atoms with van der Waals surface area (Å²) in [5.41, 5.74) is -0.247. The van der Waals surface area contributed by atoms with E-state index < -0.39 is 36.0 Å². The normalized spacial score (nSPS) is 14.6. The molecule has 1 aliphatic rings. The highest BCUT2D eigenvalue weighted by Gasteiger charge is 2.62. The van der Waals surface area contributed by atoms with E-state index in [0.29, 0.717) is 0 Å². The summed E-state index contributed by atoms with van der Waals surface area (Å²) in [7, 11) is 0. The van der Waals surface area contributed by atoms with Gasteiger partial charge in [-0.3, -0.25) is 14.4 Å². The van der Waals surface area contributed by atoms with Crippen LogP contribution in [0, 0.1) is 0 Å². The number of hydrogen-bond donors (Lipinski definition) is 1. The Bertz CT molecular complexity index is 683. The number of ketones is 2. The average molecular weight is 337 g/mol. The number of halogens is 5. The van der Waals surface area contributed by atoms with Crippen LogP contribution in [-0.2, 0) is 9.59 Å². The van der Waals surface area contributed by atoms with Crippen molar-refractivity contribution in [3.05, 3.63) is 23.8 Å². The first-order chi connectivity index (χ1) is 10.5. The van der Waals surface area contributed by atoms with Crippen molar-refractivity contribution in [3.63, 3.8) is 0 Å². The first-order valence-electron chi connectivity index (χ1n) is 6.10. The number of Topliss-reactive ketones (excluding diaryl/α,β-unsaturated/α-hetero) is 2. The Morgan fingerprint density at radius 1 is 1.17 bits per heavy atom. The van der Waals surface area contributed by atoms with Crippen LogP contribution < -0.4 is 10.1 Å². The van der Waals surface area contributed by atoms with Gasteiger partial charge in [-0.05, 0) is 18.2 Å². The zero-order valence-corrected chi connectivity index (χ0v) is 11.2. The smallest absolute Gasteiger partial charge is 0.461 e. The summed E-state index contributed by atoms with van der Waals surface area (Å²) < 4.78 is 66.8. The first kappa shape index (κ1) is 16.8. The molecule has 0 aromatic heterocycles. The molecule has 0 atom stereocenters. The van der Waals surface area contributed by atoms with Crippen molar-refractivity contribution in [1.82, 2.24) is 0 Å². The summed E-state index contributed by atoms with van der Waals surface area (Å²) in [5, 5.41) is 2.33. The Balaban J connectivity index is 2.17. The molecule has 0 saturated heterocycles. The lowest BCUT2D eigenvalue weighted by atomic mass is 10.0. The third-order valence-electron chi connectivity index (χ3n) is 2.96. The van der Waals surface area contributed by atoms with Gasteiger partial charge in [-0.25, -0.2) is 0 Å². The van der Waals surface area contributed by atoms with Crippen molar-refractivity contribution in [2.45, 2.75) is 18.5 Å². The van der Waals surface area contributed by atoms with Gasteiger partial charge in [0.15, 0.2) is 12.4 Å². The number of benzene rings is 1. The second kappa shape index (κ2) is 5.60. The molecule has 0 saturated carbocycles. The molecule has 0 unspecified atom stereocenters. The summed E-state index contributed by atoms with van der Waals surface area (Å²) >= 11 is 0. The van der Waals surface area contributed by atoms with Crippen LogP contribution >= 0.6 is 0 Å². The van der Waals surface area contributed by atoms with E-state index in [1.807, 2.05) is 0 Å². The number of ether oxygens (including phenoxy) is 1. The molecule has 0 fully saturated rings. The Morgan fingerprint density at radius 2 is 1.83 bits per heavy atom. The molecule has 2 rings (SSSR count). The quantitative estimate of drug-likeness (QED) is 0.520. The highest BCUT2D eigenvalue weighted by atomic mass is 19.4. The van der Waals surface area contributed by atoms with E-state index in [9.17, 15) is 36.3 Å². The minimum Gasteiger partial charge on any atom is -0.482 e. The van der Waals surface area contributed by atoms with Gasteiger partial charge in [-0.2, -0.15) is 22.0 Å². The van der Waals surface area contributed by atoms with E-state index in [1.165, 1.54) is 6.07 Å². The average Bonchev–Trinajstić information content (AvgIpc) is 2.44. The third kappa shape index (κ3) is 3.30. The second-order valence-electron chi connectivity index (χ2n) is 4.64. The van der Waals surface area contributed by atoms with Gasteiger partial charge < -0.3 is 10.1 Å². The fourth-order valence-corrected chi connectivity index (χ4v) is 1.77. The van der Waals surface area contributed by atoms with E-state index in [1.54, 1.807) is 0 Å². The van der Waals surface area contributed by atoms with Crippen LogP contribution in [0.1, 0.15) is 16.8 Å². The van der Waals surface area contributed by atoms with Crippen LogP contribution in [0.2, 0.25) is 0 Å². The third-order valence-corrected chi connectivity index (χ3v) is 2.96. The first-order valence-corrected chi connectivity index (χ1v) is 6.10. The highest BCUT2D eigenvalue weighted by molar-refractivity contribution is 6.11.